The van der Waals surface area contributed by atoms with Crippen molar-refractivity contribution in [2.75, 3.05) is 11.9 Å². The van der Waals surface area contributed by atoms with Crippen molar-refractivity contribution >= 4 is 44.0 Å². The van der Waals surface area contributed by atoms with Gasteiger partial charge in [-0.05, 0) is 29.8 Å². The number of hydrogen-bond acceptors (Lipinski definition) is 6. The SMILES string of the molecule is F[C@@H]1CN[C@H](C#Cc2cc3c(Nc4ccc5c(cnn5Cc5ccccc5)c4)ncnc3s2)C1. The Balaban J connectivity index is 1.24. The quantitative estimate of drug-likeness (QED) is 0.368. The second-order valence-electron chi connectivity index (χ2n) is 8.30. The lowest BCUT2D eigenvalue weighted by molar-refractivity contribution is 0.359. The number of thiophene rings is 1. The summed E-state index contributed by atoms with van der Waals surface area (Å²) < 4.78 is 15.4. The van der Waals surface area contributed by atoms with Gasteiger partial charge < -0.3 is 10.6 Å². The van der Waals surface area contributed by atoms with Crippen LogP contribution in [-0.4, -0.2) is 38.5 Å². The minimum Gasteiger partial charge on any atom is -0.340 e. The number of benzene rings is 2. The molecule has 2 N–H and O–H groups in total. The first-order chi connectivity index (χ1) is 16.7. The molecule has 0 spiro atoms. The molecule has 2 atom stereocenters. The molecule has 0 amide bonds. The summed E-state index contributed by atoms with van der Waals surface area (Å²) in [6.07, 6.45) is 3.07. The number of fused-ring (bicyclic) bond motifs is 2. The normalized spacial score (nSPS) is 17.7. The third kappa shape index (κ3) is 4.23. The second kappa shape index (κ2) is 8.86. The Hall–Kier alpha value is -3.80. The molecule has 3 aromatic heterocycles. The minimum atomic E-state index is -0.814. The zero-order valence-electron chi connectivity index (χ0n) is 18.2. The highest BCUT2D eigenvalue weighted by atomic mass is 32.1. The van der Waals surface area contributed by atoms with Gasteiger partial charge in [-0.1, -0.05) is 42.2 Å². The van der Waals surface area contributed by atoms with Crippen molar-refractivity contribution in [2.24, 2.45) is 0 Å². The summed E-state index contributed by atoms with van der Waals surface area (Å²) in [4.78, 5) is 10.6. The van der Waals surface area contributed by atoms with E-state index in [1.165, 1.54) is 16.9 Å². The topological polar surface area (TPSA) is 67.7 Å². The van der Waals surface area contributed by atoms with Crippen LogP contribution in [0.2, 0.25) is 0 Å². The lowest BCUT2D eigenvalue weighted by Crippen LogP contribution is -2.19. The van der Waals surface area contributed by atoms with Crippen LogP contribution in [0.15, 0.2) is 67.1 Å². The Bertz CT molecular complexity index is 1530. The summed E-state index contributed by atoms with van der Waals surface area (Å²) in [5, 5.41) is 13.1. The number of rotatable bonds is 4. The van der Waals surface area contributed by atoms with Crippen LogP contribution >= 0.6 is 11.3 Å². The van der Waals surface area contributed by atoms with Crippen LogP contribution in [0.5, 0.6) is 0 Å². The Morgan fingerprint density at radius 2 is 2.06 bits per heavy atom. The molecule has 1 aliphatic rings. The lowest BCUT2D eigenvalue weighted by atomic mass is 10.2. The molecule has 6 rings (SSSR count). The average molecular weight is 469 g/mol. The van der Waals surface area contributed by atoms with Crippen molar-refractivity contribution in [2.45, 2.75) is 25.2 Å². The van der Waals surface area contributed by atoms with E-state index in [9.17, 15) is 4.39 Å². The maximum Gasteiger partial charge on any atom is 0.142 e. The Kier molecular flexibility index (Phi) is 5.41. The van der Waals surface area contributed by atoms with Crippen LogP contribution in [0, 0.1) is 11.8 Å². The monoisotopic (exact) mass is 468 g/mol. The minimum absolute atomic E-state index is 0.0987. The summed E-state index contributed by atoms with van der Waals surface area (Å²) in [5.74, 6) is 7.03. The molecule has 5 aromatic rings. The smallest absolute Gasteiger partial charge is 0.142 e. The third-order valence-corrected chi connectivity index (χ3v) is 6.81. The maximum absolute atomic E-state index is 13.4. The molecule has 2 aromatic carbocycles. The molecular weight excluding hydrogens is 447 g/mol. The van der Waals surface area contributed by atoms with E-state index in [1.54, 1.807) is 6.33 Å². The van der Waals surface area contributed by atoms with E-state index in [-0.39, 0.29) is 6.04 Å². The summed E-state index contributed by atoms with van der Waals surface area (Å²) in [7, 11) is 0. The van der Waals surface area contributed by atoms with Crippen LogP contribution in [-0.2, 0) is 6.54 Å². The Morgan fingerprint density at radius 1 is 1.15 bits per heavy atom. The second-order valence-corrected chi connectivity index (χ2v) is 9.33. The van der Waals surface area contributed by atoms with Gasteiger partial charge in [0.15, 0.2) is 0 Å². The molecule has 8 heteroatoms. The Morgan fingerprint density at radius 3 is 2.91 bits per heavy atom. The van der Waals surface area contributed by atoms with Gasteiger partial charge >= 0.3 is 0 Å². The van der Waals surface area contributed by atoms with Crippen LogP contribution in [0.1, 0.15) is 16.9 Å². The van der Waals surface area contributed by atoms with Crippen molar-refractivity contribution in [3.05, 3.63) is 77.6 Å². The largest absolute Gasteiger partial charge is 0.340 e. The van der Waals surface area contributed by atoms with Gasteiger partial charge in [0, 0.05) is 24.0 Å². The zero-order valence-corrected chi connectivity index (χ0v) is 19.0. The molecule has 0 saturated carbocycles. The lowest BCUT2D eigenvalue weighted by Gasteiger charge is -2.08. The van der Waals surface area contributed by atoms with Crippen molar-refractivity contribution < 1.29 is 4.39 Å². The molecule has 0 aliphatic carbocycles. The van der Waals surface area contributed by atoms with Gasteiger partial charge in [0.25, 0.3) is 0 Å². The maximum atomic E-state index is 13.4. The molecule has 1 saturated heterocycles. The molecular formula is C26H21FN6S. The van der Waals surface area contributed by atoms with Crippen molar-refractivity contribution in [1.29, 1.82) is 0 Å². The van der Waals surface area contributed by atoms with Gasteiger partial charge in [0.1, 0.15) is 23.1 Å². The first kappa shape index (κ1) is 20.8. The molecule has 1 aliphatic heterocycles. The van der Waals surface area contributed by atoms with Gasteiger partial charge in [-0.25, -0.2) is 14.4 Å². The number of hydrogen-bond donors (Lipinski definition) is 2. The van der Waals surface area contributed by atoms with Crippen LogP contribution < -0.4 is 10.6 Å². The number of alkyl halides is 1. The molecule has 168 valence electrons. The van der Waals surface area contributed by atoms with Crippen molar-refractivity contribution in [1.82, 2.24) is 25.1 Å². The van der Waals surface area contributed by atoms with Gasteiger partial charge in [-0.3, -0.25) is 4.68 Å². The van der Waals surface area contributed by atoms with E-state index < -0.39 is 6.17 Å². The average Bonchev–Trinajstić information content (AvgIpc) is 3.57. The highest BCUT2D eigenvalue weighted by molar-refractivity contribution is 7.19. The molecule has 0 radical (unpaired) electrons. The zero-order chi connectivity index (χ0) is 22.9. The number of nitrogens with one attached hydrogen (secondary N) is 2. The molecule has 4 heterocycles. The first-order valence-electron chi connectivity index (χ1n) is 11.1. The van der Waals surface area contributed by atoms with E-state index in [0.29, 0.717) is 13.0 Å². The van der Waals surface area contributed by atoms with E-state index in [2.05, 4.69) is 61.8 Å². The van der Waals surface area contributed by atoms with Crippen molar-refractivity contribution in [3.63, 3.8) is 0 Å². The van der Waals surface area contributed by atoms with Crippen LogP contribution in [0.25, 0.3) is 21.1 Å². The molecule has 6 nitrogen and oxygen atoms in total. The fourth-order valence-electron chi connectivity index (χ4n) is 4.16. The molecule has 1 fully saturated rings. The highest BCUT2D eigenvalue weighted by Gasteiger charge is 2.21. The summed E-state index contributed by atoms with van der Waals surface area (Å²) in [6.45, 7) is 1.10. The number of anilines is 2. The standard InChI is InChI=1S/C26H21FN6S/c27-19-11-20(28-14-19)6-8-22-12-23-25(29-16-30-26(23)34-22)32-21-7-9-24-18(10-21)13-31-33(24)15-17-4-2-1-3-5-17/h1-5,7,9-10,12-13,16,19-20,28H,11,14-15H2,(H,29,30,32)/t19-,20+/m0/s1. The van der Waals surface area contributed by atoms with E-state index in [1.807, 2.05) is 41.2 Å². The Labute approximate surface area is 199 Å². The molecule has 34 heavy (non-hydrogen) atoms. The van der Waals surface area contributed by atoms with Crippen molar-refractivity contribution in [3.8, 4) is 11.8 Å². The van der Waals surface area contributed by atoms with Gasteiger partial charge in [-0.15, -0.1) is 11.3 Å². The van der Waals surface area contributed by atoms with Gasteiger partial charge in [0.2, 0.25) is 0 Å². The first-order valence-corrected chi connectivity index (χ1v) is 11.9. The van der Waals surface area contributed by atoms with E-state index in [4.69, 9.17) is 0 Å². The summed E-state index contributed by atoms with van der Waals surface area (Å²) in [6, 6.07) is 18.4. The van der Waals surface area contributed by atoms with Crippen LogP contribution in [0.3, 0.4) is 0 Å². The molecule has 0 unspecified atom stereocenters. The van der Waals surface area contributed by atoms with Gasteiger partial charge in [0.05, 0.1) is 34.6 Å². The fourth-order valence-corrected chi connectivity index (χ4v) is 5.02. The summed E-state index contributed by atoms with van der Waals surface area (Å²) >= 11 is 1.51. The predicted octanol–water partition coefficient (Wildman–Crippen LogP) is 4.88. The highest BCUT2D eigenvalue weighted by Crippen LogP contribution is 2.30. The predicted molar refractivity (Wildman–Crippen MR) is 134 cm³/mol. The van der Waals surface area contributed by atoms with E-state index in [0.717, 1.165) is 44.0 Å². The number of aromatic nitrogens is 4. The number of halogens is 1. The summed E-state index contributed by atoms with van der Waals surface area (Å²) in [5.41, 5.74) is 3.21. The van der Waals surface area contributed by atoms with Gasteiger partial charge in [-0.2, -0.15) is 5.10 Å². The fraction of sp³-hybridized carbons (Fsp3) is 0.192. The third-order valence-electron chi connectivity index (χ3n) is 5.86. The van der Waals surface area contributed by atoms with E-state index >= 15 is 0 Å². The molecule has 0 bridgehead atoms. The van der Waals surface area contributed by atoms with Crippen LogP contribution in [0.4, 0.5) is 15.9 Å². The number of nitrogens with zero attached hydrogens (tertiary/aromatic N) is 4.